The Hall–Kier alpha value is 0.167. The number of hydrogen-bond donors (Lipinski definition) is 0. The van der Waals surface area contributed by atoms with Crippen LogP contribution in [0.1, 0.15) is 0 Å². The first-order chi connectivity index (χ1) is 4.21. The van der Waals surface area contributed by atoms with Gasteiger partial charge in [0.2, 0.25) is 0 Å². The summed E-state index contributed by atoms with van der Waals surface area (Å²) < 4.78 is 21.4. The van der Waals surface area contributed by atoms with Gasteiger partial charge in [0, 0.05) is 20.1 Å². The quantitative estimate of drug-likeness (QED) is 0.615. The van der Waals surface area contributed by atoms with Crippen LogP contribution in [0.5, 0.6) is 0 Å². The van der Waals surface area contributed by atoms with Gasteiger partial charge in [0.15, 0.2) is 0 Å². The molecule has 0 heterocycles. The molecule has 0 aliphatic carbocycles. The highest BCUT2D eigenvalue weighted by molar-refractivity contribution is 7.90. The molecule has 0 aliphatic rings. The second kappa shape index (κ2) is 3.05. The van der Waals surface area contributed by atoms with Gasteiger partial charge in [0.25, 0.3) is 0 Å². The molecular formula is C6H16O2SSi. The fraction of sp³-hybridized carbons (Fsp3) is 1.00. The minimum Gasteiger partial charge on any atom is -0.229 e. The van der Waals surface area contributed by atoms with Gasteiger partial charge in [0.05, 0.1) is 0 Å². The lowest BCUT2D eigenvalue weighted by Crippen LogP contribution is -2.23. The predicted octanol–water partition coefficient (Wildman–Crippen LogP) is 1.37. The molecule has 0 rings (SSSR count). The fourth-order valence-electron chi connectivity index (χ4n) is 0.492. The van der Waals surface area contributed by atoms with Gasteiger partial charge in [-0.15, -0.1) is 0 Å². The first kappa shape index (κ1) is 10.2. The van der Waals surface area contributed by atoms with Gasteiger partial charge in [-0.25, -0.2) is 8.42 Å². The van der Waals surface area contributed by atoms with Crippen LogP contribution in [0.2, 0.25) is 25.7 Å². The van der Waals surface area contributed by atoms with E-state index >= 15 is 0 Å². The summed E-state index contributed by atoms with van der Waals surface area (Å²) in [7, 11) is -3.87. The second-order valence-corrected chi connectivity index (χ2v) is 11.8. The molecule has 4 heteroatoms. The molecule has 2 nitrogen and oxygen atoms in total. The molecule has 0 aliphatic heterocycles. The van der Waals surface area contributed by atoms with Crippen LogP contribution in [0.4, 0.5) is 0 Å². The van der Waals surface area contributed by atoms with Crippen LogP contribution >= 0.6 is 0 Å². The maximum absolute atomic E-state index is 10.7. The van der Waals surface area contributed by atoms with Gasteiger partial charge in [-0.1, -0.05) is 19.6 Å². The highest BCUT2D eigenvalue weighted by atomic mass is 32.2. The summed E-state index contributed by atoms with van der Waals surface area (Å²) >= 11 is 0. The Morgan fingerprint density at radius 3 is 1.70 bits per heavy atom. The molecule has 0 aromatic rings. The van der Waals surface area contributed by atoms with Crippen LogP contribution in [-0.4, -0.2) is 28.5 Å². The highest BCUT2D eigenvalue weighted by Crippen LogP contribution is 2.08. The minimum atomic E-state index is -2.72. The summed E-state index contributed by atoms with van der Waals surface area (Å²) in [5, 5.41) is 0. The average Bonchev–Trinajstić information content (AvgIpc) is 1.57. The largest absolute Gasteiger partial charge is 0.229 e. The summed E-state index contributed by atoms with van der Waals surface area (Å²) in [5.41, 5.74) is 0. The predicted molar refractivity (Wildman–Crippen MR) is 47.9 cm³/mol. The zero-order valence-electron chi connectivity index (χ0n) is 7.14. The Labute approximate surface area is 64.6 Å². The molecule has 0 amide bonds. The highest BCUT2D eigenvalue weighted by Gasteiger charge is 2.15. The van der Waals surface area contributed by atoms with Crippen LogP contribution in [0.3, 0.4) is 0 Å². The molecule has 0 saturated carbocycles. The van der Waals surface area contributed by atoms with Gasteiger partial charge >= 0.3 is 0 Å². The summed E-state index contributed by atoms with van der Waals surface area (Å²) in [6, 6.07) is 0.881. The Balaban J connectivity index is 3.79. The van der Waals surface area contributed by atoms with Crippen molar-refractivity contribution in [3.8, 4) is 0 Å². The summed E-state index contributed by atoms with van der Waals surface area (Å²) in [6.45, 7) is 6.54. The standard InChI is InChI=1S/C6H16O2SSi/c1-9(7,8)5-6-10(2,3)4/h5-6H2,1-4H3. The van der Waals surface area contributed by atoms with Gasteiger partial charge in [-0.3, -0.25) is 0 Å². The number of sulfone groups is 1. The topological polar surface area (TPSA) is 34.1 Å². The van der Waals surface area contributed by atoms with Crippen LogP contribution in [-0.2, 0) is 9.84 Å². The molecule has 0 saturated heterocycles. The van der Waals surface area contributed by atoms with E-state index in [2.05, 4.69) is 19.6 Å². The Kier molecular flexibility index (Phi) is 3.10. The van der Waals surface area contributed by atoms with Crippen molar-refractivity contribution in [1.29, 1.82) is 0 Å². The maximum Gasteiger partial charge on any atom is 0.147 e. The smallest absolute Gasteiger partial charge is 0.147 e. The zero-order valence-corrected chi connectivity index (χ0v) is 8.96. The van der Waals surface area contributed by atoms with Crippen LogP contribution < -0.4 is 0 Å². The Morgan fingerprint density at radius 2 is 1.60 bits per heavy atom. The van der Waals surface area contributed by atoms with Crippen LogP contribution in [0.25, 0.3) is 0 Å². The molecule has 0 aromatic heterocycles. The van der Waals surface area contributed by atoms with E-state index in [1.54, 1.807) is 0 Å². The third-order valence-electron chi connectivity index (χ3n) is 1.22. The van der Waals surface area contributed by atoms with E-state index in [1.165, 1.54) is 6.26 Å². The van der Waals surface area contributed by atoms with E-state index in [-0.39, 0.29) is 0 Å². The van der Waals surface area contributed by atoms with Gasteiger partial charge in [-0.2, -0.15) is 0 Å². The van der Waals surface area contributed by atoms with Crippen molar-refractivity contribution >= 4 is 17.9 Å². The minimum absolute atomic E-state index is 0.364. The van der Waals surface area contributed by atoms with Crippen molar-refractivity contribution in [3.63, 3.8) is 0 Å². The van der Waals surface area contributed by atoms with Crippen molar-refractivity contribution in [2.45, 2.75) is 25.7 Å². The third kappa shape index (κ3) is 8.17. The lowest BCUT2D eigenvalue weighted by molar-refractivity contribution is 0.603. The van der Waals surface area contributed by atoms with Crippen molar-refractivity contribution < 1.29 is 8.42 Å². The first-order valence-corrected chi connectivity index (χ1v) is 9.15. The fourth-order valence-corrected chi connectivity index (χ4v) is 4.42. The van der Waals surface area contributed by atoms with Gasteiger partial charge in [0.1, 0.15) is 9.84 Å². The van der Waals surface area contributed by atoms with Crippen molar-refractivity contribution in [3.05, 3.63) is 0 Å². The first-order valence-electron chi connectivity index (χ1n) is 3.38. The van der Waals surface area contributed by atoms with E-state index in [9.17, 15) is 8.42 Å². The monoisotopic (exact) mass is 180 g/mol. The molecule has 0 unspecified atom stereocenters. The Bertz CT molecular complexity index is 188. The normalized spacial score (nSPS) is 13.6. The molecular weight excluding hydrogens is 164 g/mol. The molecule has 10 heavy (non-hydrogen) atoms. The van der Waals surface area contributed by atoms with E-state index in [0.29, 0.717) is 5.75 Å². The van der Waals surface area contributed by atoms with E-state index < -0.39 is 17.9 Å². The second-order valence-electron chi connectivity index (χ2n) is 3.94. The molecule has 0 N–H and O–H groups in total. The van der Waals surface area contributed by atoms with Gasteiger partial charge < -0.3 is 0 Å². The molecule has 62 valence electrons. The maximum atomic E-state index is 10.7. The van der Waals surface area contributed by atoms with Gasteiger partial charge in [-0.05, 0) is 6.04 Å². The number of hydrogen-bond acceptors (Lipinski definition) is 2. The molecule has 0 fully saturated rings. The van der Waals surface area contributed by atoms with Crippen molar-refractivity contribution in [2.75, 3.05) is 12.0 Å². The molecule has 0 atom stereocenters. The lowest BCUT2D eigenvalue weighted by atomic mass is 11.0. The average molecular weight is 180 g/mol. The number of rotatable bonds is 3. The van der Waals surface area contributed by atoms with E-state index in [0.717, 1.165) is 6.04 Å². The SMILES string of the molecule is C[Si](C)(C)CCS(C)(=O)=O. The van der Waals surface area contributed by atoms with Crippen LogP contribution in [0.15, 0.2) is 0 Å². The van der Waals surface area contributed by atoms with Crippen molar-refractivity contribution in [2.24, 2.45) is 0 Å². The van der Waals surface area contributed by atoms with Crippen molar-refractivity contribution in [1.82, 2.24) is 0 Å². The summed E-state index contributed by atoms with van der Waals surface area (Å²) in [4.78, 5) is 0. The van der Waals surface area contributed by atoms with E-state index in [1.807, 2.05) is 0 Å². The third-order valence-corrected chi connectivity index (χ3v) is 4.28. The zero-order chi connectivity index (χ0) is 8.41. The van der Waals surface area contributed by atoms with E-state index in [4.69, 9.17) is 0 Å². The Morgan fingerprint density at radius 1 is 1.20 bits per heavy atom. The summed E-state index contributed by atoms with van der Waals surface area (Å²) in [5.74, 6) is 0.364. The molecule has 0 radical (unpaired) electrons. The molecule has 0 aromatic carbocycles. The molecule has 0 bridgehead atoms. The lowest BCUT2D eigenvalue weighted by Gasteiger charge is -2.13. The van der Waals surface area contributed by atoms with Crippen LogP contribution in [0, 0.1) is 0 Å². The molecule has 0 spiro atoms. The summed E-state index contributed by atoms with van der Waals surface area (Å²) in [6.07, 6.45) is 1.30.